The number of aryl methyl sites for hydroxylation is 1. The van der Waals surface area contributed by atoms with Crippen LogP contribution in [0, 0.1) is 6.92 Å². The second kappa shape index (κ2) is 10.8. The van der Waals surface area contributed by atoms with E-state index in [1.165, 1.54) is 0 Å². The Balaban J connectivity index is 1.47. The highest BCUT2D eigenvalue weighted by Gasteiger charge is 2.23. The van der Waals surface area contributed by atoms with E-state index in [9.17, 15) is 0 Å². The molecule has 0 saturated carbocycles. The van der Waals surface area contributed by atoms with Crippen LogP contribution in [-0.4, -0.2) is 33.8 Å². The zero-order valence-electron chi connectivity index (χ0n) is 23.4. The molecule has 0 radical (unpaired) electrons. The van der Waals surface area contributed by atoms with Crippen LogP contribution in [0.4, 0.5) is 0 Å². The van der Waals surface area contributed by atoms with Crippen LogP contribution in [0.15, 0.2) is 71.4 Å². The number of hydrogen-bond acceptors (Lipinski definition) is 7. The lowest BCUT2D eigenvalue weighted by Gasteiger charge is -2.15. The van der Waals surface area contributed by atoms with Gasteiger partial charge in [-0.05, 0) is 78.1 Å². The molecule has 0 aliphatic carbocycles. The molecule has 0 fully saturated rings. The molecular weight excluding hydrogens is 540 g/mol. The maximum absolute atomic E-state index is 6.39. The molecule has 8 nitrogen and oxygen atoms in total. The van der Waals surface area contributed by atoms with E-state index in [4.69, 9.17) is 35.2 Å². The Kier molecular flexibility index (Phi) is 7.01. The summed E-state index contributed by atoms with van der Waals surface area (Å²) in [5.74, 6) is 3.73. The van der Waals surface area contributed by atoms with Crippen molar-refractivity contribution in [3.05, 3.63) is 89.0 Å². The number of nitrogens with zero attached hydrogens (tertiary/aromatic N) is 4. The fraction of sp³-hybridized carbons (Fsp3) is 0.219. The highest BCUT2D eigenvalue weighted by molar-refractivity contribution is 6.31. The predicted octanol–water partition coefficient (Wildman–Crippen LogP) is 7.89. The van der Waals surface area contributed by atoms with Crippen molar-refractivity contribution < 1.29 is 18.6 Å². The van der Waals surface area contributed by atoms with Crippen LogP contribution < -0.4 is 14.2 Å². The van der Waals surface area contributed by atoms with Crippen molar-refractivity contribution in [2.24, 2.45) is 0 Å². The number of aromatic nitrogens is 4. The van der Waals surface area contributed by atoms with Gasteiger partial charge < -0.3 is 18.6 Å². The van der Waals surface area contributed by atoms with Crippen LogP contribution >= 0.6 is 11.6 Å². The lowest BCUT2D eigenvalue weighted by molar-refractivity contribution is 0.292. The van der Waals surface area contributed by atoms with E-state index in [0.717, 1.165) is 55.5 Å². The van der Waals surface area contributed by atoms with Crippen LogP contribution in [0.5, 0.6) is 17.2 Å². The molecule has 0 unspecified atom stereocenters. The van der Waals surface area contributed by atoms with Crippen molar-refractivity contribution in [1.82, 2.24) is 19.6 Å². The van der Waals surface area contributed by atoms with Gasteiger partial charge in [0.1, 0.15) is 35.9 Å². The maximum atomic E-state index is 6.39. The van der Waals surface area contributed by atoms with E-state index in [1.807, 2.05) is 67.6 Å². The third-order valence-electron chi connectivity index (χ3n) is 7.07. The lowest BCUT2D eigenvalue weighted by atomic mass is 9.99. The number of rotatable bonds is 8. The topological polar surface area (TPSA) is 83.9 Å². The van der Waals surface area contributed by atoms with Gasteiger partial charge in [-0.15, -0.1) is 5.10 Å². The van der Waals surface area contributed by atoms with Gasteiger partial charge in [-0.1, -0.05) is 37.6 Å². The quantitative estimate of drug-likeness (QED) is 0.184. The second-order valence-corrected chi connectivity index (χ2v) is 10.5. The minimum atomic E-state index is 0.186. The van der Waals surface area contributed by atoms with Crippen molar-refractivity contribution in [2.75, 3.05) is 14.2 Å². The zero-order valence-corrected chi connectivity index (χ0v) is 24.2. The van der Waals surface area contributed by atoms with Gasteiger partial charge in [-0.25, -0.2) is 14.5 Å². The van der Waals surface area contributed by atoms with Crippen LogP contribution in [-0.2, 0) is 6.61 Å². The molecular formula is C32H29ClN4O4. The molecule has 0 amide bonds. The molecule has 0 atom stereocenters. The smallest absolute Gasteiger partial charge is 0.232 e. The van der Waals surface area contributed by atoms with Crippen LogP contribution in [0.3, 0.4) is 0 Å². The van der Waals surface area contributed by atoms with Crippen LogP contribution in [0.2, 0.25) is 5.02 Å². The Labute approximate surface area is 242 Å². The van der Waals surface area contributed by atoms with Gasteiger partial charge in [0.2, 0.25) is 5.71 Å². The molecule has 0 spiro atoms. The van der Waals surface area contributed by atoms with Crippen molar-refractivity contribution in [3.8, 4) is 39.7 Å². The number of hydrogen-bond donors (Lipinski definition) is 0. The van der Waals surface area contributed by atoms with Gasteiger partial charge in [0.15, 0.2) is 11.5 Å². The molecule has 9 heteroatoms. The summed E-state index contributed by atoms with van der Waals surface area (Å²) in [4.78, 5) is 9.47. The summed E-state index contributed by atoms with van der Waals surface area (Å²) < 4.78 is 25.0. The summed E-state index contributed by atoms with van der Waals surface area (Å²) in [7, 11) is 3.29. The summed E-state index contributed by atoms with van der Waals surface area (Å²) in [6.07, 6.45) is 1.61. The second-order valence-electron chi connectivity index (χ2n) is 10.1. The first-order chi connectivity index (χ1) is 19.9. The van der Waals surface area contributed by atoms with Crippen LogP contribution in [0.25, 0.3) is 39.2 Å². The molecule has 3 aromatic heterocycles. The first-order valence-electron chi connectivity index (χ1n) is 13.2. The van der Waals surface area contributed by atoms with Crippen LogP contribution in [0.1, 0.15) is 36.7 Å². The Morgan fingerprint density at radius 2 is 1.59 bits per heavy atom. The van der Waals surface area contributed by atoms with E-state index >= 15 is 0 Å². The summed E-state index contributed by atoms with van der Waals surface area (Å²) in [6, 6.07) is 19.5. The summed E-state index contributed by atoms with van der Waals surface area (Å²) in [5.41, 5.74) is 5.76. The Bertz CT molecular complexity index is 1860. The Morgan fingerprint density at radius 1 is 0.927 bits per heavy atom. The Hall–Kier alpha value is -4.56. The molecule has 3 heterocycles. The number of methoxy groups -OCH3 is 2. The van der Waals surface area contributed by atoms with E-state index < -0.39 is 0 Å². The monoisotopic (exact) mass is 568 g/mol. The molecule has 0 saturated heterocycles. The standard InChI is InChI=1S/C32H29ClN4O4/c1-18(2)24-15-25(33)19(3)14-26(24)40-16-27-35-31-29-28(20-6-10-22(38-4)11-7-20)30(21-8-12-23(39-5)13-9-21)41-32(29)34-17-37(31)36-27/h6-15,17-18H,16H2,1-5H3. The average Bonchev–Trinajstić information content (AvgIpc) is 3.59. The third-order valence-corrected chi connectivity index (χ3v) is 7.48. The fourth-order valence-corrected chi connectivity index (χ4v) is 5.04. The average molecular weight is 569 g/mol. The number of halogens is 1. The molecule has 6 rings (SSSR count). The van der Waals surface area contributed by atoms with E-state index in [0.29, 0.717) is 22.9 Å². The first-order valence-corrected chi connectivity index (χ1v) is 13.6. The molecule has 3 aromatic carbocycles. The maximum Gasteiger partial charge on any atom is 0.232 e. The molecule has 0 N–H and O–H groups in total. The van der Waals surface area contributed by atoms with Gasteiger partial charge >= 0.3 is 0 Å². The SMILES string of the molecule is COc1ccc(-c2oc3ncn4nc(COc5cc(C)c(Cl)cc5C(C)C)nc4c3c2-c2ccc(OC)cc2)cc1. The van der Waals surface area contributed by atoms with Gasteiger partial charge in [0.25, 0.3) is 0 Å². The first kappa shape index (κ1) is 26.7. The number of fused-ring (bicyclic) bond motifs is 3. The normalized spacial score (nSPS) is 11.5. The molecule has 0 bridgehead atoms. The highest BCUT2D eigenvalue weighted by Crippen LogP contribution is 2.42. The number of furan rings is 1. The minimum absolute atomic E-state index is 0.186. The summed E-state index contributed by atoms with van der Waals surface area (Å²) in [5, 5.41) is 6.15. The van der Waals surface area contributed by atoms with Gasteiger partial charge in [0.05, 0.1) is 19.6 Å². The third kappa shape index (κ3) is 4.95. The minimum Gasteiger partial charge on any atom is -0.497 e. The Morgan fingerprint density at radius 3 is 2.22 bits per heavy atom. The van der Waals surface area contributed by atoms with Gasteiger partial charge in [-0.2, -0.15) is 0 Å². The van der Waals surface area contributed by atoms with Crippen molar-refractivity contribution >= 4 is 28.3 Å². The molecule has 0 aliphatic rings. The van der Waals surface area contributed by atoms with Crippen molar-refractivity contribution in [3.63, 3.8) is 0 Å². The van der Waals surface area contributed by atoms with Gasteiger partial charge in [-0.3, -0.25) is 0 Å². The lowest BCUT2D eigenvalue weighted by Crippen LogP contribution is -2.02. The summed E-state index contributed by atoms with van der Waals surface area (Å²) >= 11 is 6.39. The summed E-state index contributed by atoms with van der Waals surface area (Å²) in [6.45, 7) is 6.37. The largest absolute Gasteiger partial charge is 0.497 e. The van der Waals surface area contributed by atoms with Gasteiger partial charge in [0, 0.05) is 16.1 Å². The van der Waals surface area contributed by atoms with E-state index in [1.54, 1.807) is 25.1 Å². The molecule has 41 heavy (non-hydrogen) atoms. The fourth-order valence-electron chi connectivity index (χ4n) is 4.87. The number of ether oxygens (including phenoxy) is 3. The van der Waals surface area contributed by atoms with Crippen molar-refractivity contribution in [2.45, 2.75) is 33.3 Å². The molecule has 6 aromatic rings. The predicted molar refractivity (Wildman–Crippen MR) is 159 cm³/mol. The molecule has 0 aliphatic heterocycles. The highest BCUT2D eigenvalue weighted by atomic mass is 35.5. The molecule has 208 valence electrons. The zero-order chi connectivity index (χ0) is 28.7. The van der Waals surface area contributed by atoms with E-state index in [-0.39, 0.29) is 12.5 Å². The van der Waals surface area contributed by atoms with Crippen molar-refractivity contribution in [1.29, 1.82) is 0 Å². The number of benzene rings is 3. The van der Waals surface area contributed by atoms with E-state index in [2.05, 4.69) is 23.9 Å².